The molecule has 0 atom stereocenters. The second kappa shape index (κ2) is 6.58. The van der Waals surface area contributed by atoms with Gasteiger partial charge < -0.3 is 23.0 Å². The van der Waals surface area contributed by atoms with E-state index < -0.39 is 15.6 Å². The summed E-state index contributed by atoms with van der Waals surface area (Å²) < 4.78 is 75.9. The van der Waals surface area contributed by atoms with Crippen LogP contribution in [0.1, 0.15) is 0 Å². The Balaban J connectivity index is 0.000000221. The second-order valence-electron chi connectivity index (χ2n) is 4.33. The Bertz CT molecular complexity index is 407. The molecule has 0 aromatic rings. The van der Waals surface area contributed by atoms with E-state index in [1.165, 1.54) is 0 Å². The lowest BCUT2D eigenvalue weighted by Crippen LogP contribution is -2.53. The number of rotatable bonds is 3. The van der Waals surface area contributed by atoms with Crippen LogP contribution < -0.4 is 0 Å². The molecule has 0 aromatic carbocycles. The van der Waals surface area contributed by atoms with Crippen LogP contribution in [0, 0.1) is 0 Å². The first kappa shape index (κ1) is 17.7. The molecule has 0 aliphatic carbocycles. The minimum atomic E-state index is -6.09. The zero-order valence-corrected chi connectivity index (χ0v) is 11.6. The normalized spacial score (nSPS) is 21.4. The summed E-state index contributed by atoms with van der Waals surface area (Å²) in [5, 5.41) is 0. The molecule has 0 bridgehead atoms. The van der Waals surface area contributed by atoms with Crippen LogP contribution in [0.25, 0.3) is 0 Å². The van der Waals surface area contributed by atoms with Crippen LogP contribution >= 0.6 is 0 Å². The maximum absolute atomic E-state index is 10.7. The highest BCUT2D eigenvalue weighted by molar-refractivity contribution is 7.86. The van der Waals surface area contributed by atoms with Gasteiger partial charge in [0.25, 0.3) is 0 Å². The summed E-state index contributed by atoms with van der Waals surface area (Å²) in [6.07, 6.45) is 0. The highest BCUT2D eigenvalue weighted by atomic mass is 32.2. The fourth-order valence-corrected chi connectivity index (χ4v) is 1.96. The van der Waals surface area contributed by atoms with Crippen molar-refractivity contribution in [3.63, 3.8) is 0 Å². The largest absolute Gasteiger partial charge is 0.760 e. The quantitative estimate of drug-likeness (QED) is 0.397. The van der Waals surface area contributed by atoms with E-state index in [-0.39, 0.29) is 7.25 Å². The van der Waals surface area contributed by atoms with E-state index >= 15 is 0 Å². The highest BCUT2D eigenvalue weighted by Crippen LogP contribution is 2.23. The molecule has 2 heterocycles. The summed E-state index contributed by atoms with van der Waals surface area (Å²) in [5.74, 6) is 0. The smallest absolute Gasteiger partial charge is 0.741 e. The number of halogens is 3. The van der Waals surface area contributed by atoms with Crippen molar-refractivity contribution in [3.05, 3.63) is 0 Å². The summed E-state index contributed by atoms with van der Waals surface area (Å²) in [6, 6.07) is 0. The average Bonchev–Trinajstić information content (AvgIpc) is 2.83. The number of ether oxygens (including phenoxy) is 1. The van der Waals surface area contributed by atoms with Gasteiger partial charge in [0.2, 0.25) is 0 Å². The third-order valence-electron chi connectivity index (χ3n) is 3.07. The minimum absolute atomic E-state index is 0.000139. The molecule has 0 spiro atoms. The Hall–Kier alpha value is -0.395. The molecule has 12 heteroatoms. The van der Waals surface area contributed by atoms with Crippen LogP contribution in [-0.2, 0) is 24.2 Å². The van der Waals surface area contributed by atoms with Crippen molar-refractivity contribution in [2.45, 2.75) is 5.51 Å². The summed E-state index contributed by atoms with van der Waals surface area (Å²) in [6.45, 7) is 5.62. The van der Waals surface area contributed by atoms with E-state index in [0.717, 1.165) is 43.8 Å². The number of hydrogen-bond donors (Lipinski definition) is 0. The third kappa shape index (κ3) is 4.30. The van der Waals surface area contributed by atoms with Crippen LogP contribution in [0.4, 0.5) is 13.2 Å². The van der Waals surface area contributed by atoms with Gasteiger partial charge in [-0.1, -0.05) is 0 Å². The van der Waals surface area contributed by atoms with Crippen molar-refractivity contribution in [3.8, 4) is 0 Å². The molecule has 20 heavy (non-hydrogen) atoms. The lowest BCUT2D eigenvalue weighted by atomic mass is 10.0. The van der Waals surface area contributed by atoms with Crippen molar-refractivity contribution in [1.29, 1.82) is 0 Å². The molecular weight excluding hydrogens is 306 g/mol. The number of alkyl halides is 3. The summed E-state index contributed by atoms with van der Waals surface area (Å²) in [7, 11) is -4.35. The van der Waals surface area contributed by atoms with Crippen molar-refractivity contribution in [2.24, 2.45) is 0 Å². The third-order valence-corrected chi connectivity index (χ3v) is 3.63. The maximum atomic E-state index is 10.7. The van der Waals surface area contributed by atoms with E-state index in [1.54, 1.807) is 7.11 Å². The molecular formula is C8H15BF3NO6S. The molecule has 0 aromatic heterocycles. The second-order valence-corrected chi connectivity index (χ2v) is 5.70. The number of nitrogens with zero attached hydrogens (tertiary/aromatic N) is 1. The Morgan fingerprint density at radius 2 is 1.75 bits per heavy atom. The van der Waals surface area contributed by atoms with Gasteiger partial charge in [0.1, 0.15) is 0 Å². The monoisotopic (exact) mass is 321 g/mol. The lowest BCUT2D eigenvalue weighted by Gasteiger charge is -2.28. The van der Waals surface area contributed by atoms with Gasteiger partial charge >= 0.3 is 12.8 Å². The molecule has 0 saturated carbocycles. The maximum Gasteiger partial charge on any atom is 0.760 e. The van der Waals surface area contributed by atoms with Gasteiger partial charge in [-0.25, -0.2) is 8.42 Å². The van der Waals surface area contributed by atoms with Gasteiger partial charge in [-0.05, 0) is 0 Å². The molecule has 0 amide bonds. The van der Waals surface area contributed by atoms with Gasteiger partial charge in [-0.2, -0.15) is 13.2 Å². The lowest BCUT2D eigenvalue weighted by molar-refractivity contribution is -0.816. The first-order valence-corrected chi connectivity index (χ1v) is 7.13. The topological polar surface area (TPSA) is 84.9 Å². The van der Waals surface area contributed by atoms with Crippen LogP contribution in [0.2, 0.25) is 0 Å². The zero-order chi connectivity index (χ0) is 15.4. The number of quaternary nitrogens is 1. The fraction of sp³-hybridized carbons (Fsp3) is 1.00. The molecule has 2 saturated heterocycles. The predicted octanol–water partition coefficient (Wildman–Crippen LogP) is -0.454. The zero-order valence-electron chi connectivity index (χ0n) is 10.8. The Labute approximate surface area is 115 Å². The molecule has 7 nitrogen and oxygen atoms in total. The molecule has 2 aliphatic heterocycles. The standard InChI is InChI=1S/C7H15BNO3.CHF3O3S/c1-10-5-2-9-3-6-11-8(9)12-7-4-9;2-1(3,4)8(5,6)7/h2-7H2,1H3;(H,5,6,7)/q+1;/p-1. The molecule has 118 valence electrons. The Kier molecular flexibility index (Phi) is 5.81. The predicted molar refractivity (Wildman–Crippen MR) is 60.1 cm³/mol. The van der Waals surface area contributed by atoms with Crippen molar-refractivity contribution in [2.75, 3.05) is 46.6 Å². The summed E-state index contributed by atoms with van der Waals surface area (Å²) >= 11 is 0. The molecule has 0 N–H and O–H groups in total. The van der Waals surface area contributed by atoms with E-state index in [0.29, 0.717) is 0 Å². The average molecular weight is 321 g/mol. The fourth-order valence-electron chi connectivity index (χ4n) is 1.96. The molecule has 0 unspecified atom stereocenters. The molecule has 2 fully saturated rings. The van der Waals surface area contributed by atoms with E-state index in [9.17, 15) is 13.2 Å². The van der Waals surface area contributed by atoms with E-state index in [4.69, 9.17) is 27.0 Å². The van der Waals surface area contributed by atoms with Gasteiger partial charge in [0.05, 0.1) is 39.5 Å². The summed E-state index contributed by atoms with van der Waals surface area (Å²) in [4.78, 5) is 0. The van der Waals surface area contributed by atoms with Crippen molar-refractivity contribution >= 4 is 17.4 Å². The first-order valence-electron chi connectivity index (χ1n) is 5.72. The van der Waals surface area contributed by atoms with Gasteiger partial charge in [0, 0.05) is 7.11 Å². The van der Waals surface area contributed by atoms with Gasteiger partial charge in [0.15, 0.2) is 10.1 Å². The van der Waals surface area contributed by atoms with Gasteiger partial charge in [-0.15, -0.1) is 0 Å². The SMILES string of the molecule is COCC[N+]12CCOB1OCC2.O=S(=O)([O-])C(F)(F)F. The number of fused-ring (bicyclic) bond motifs is 1. The minimum Gasteiger partial charge on any atom is -0.741 e. The van der Waals surface area contributed by atoms with Crippen molar-refractivity contribution < 1.29 is 44.6 Å². The van der Waals surface area contributed by atoms with Crippen LogP contribution in [0.15, 0.2) is 0 Å². The summed E-state index contributed by atoms with van der Waals surface area (Å²) in [5.41, 5.74) is -5.65. The van der Waals surface area contributed by atoms with Gasteiger partial charge in [-0.3, -0.25) is 0 Å². The van der Waals surface area contributed by atoms with Crippen LogP contribution in [-0.4, -0.2) is 76.7 Å². The van der Waals surface area contributed by atoms with Crippen LogP contribution in [0.3, 0.4) is 0 Å². The first-order chi connectivity index (χ1) is 9.12. The Morgan fingerprint density at radius 3 is 2.10 bits per heavy atom. The molecule has 0 radical (unpaired) electrons. The van der Waals surface area contributed by atoms with E-state index in [2.05, 4.69) is 0 Å². The number of hydrogen-bond acceptors (Lipinski definition) is 6. The highest BCUT2D eigenvalue weighted by Gasteiger charge is 2.56. The van der Waals surface area contributed by atoms with Crippen molar-refractivity contribution in [1.82, 2.24) is 0 Å². The van der Waals surface area contributed by atoms with E-state index in [1.807, 2.05) is 0 Å². The molecule has 2 aliphatic rings. The Morgan fingerprint density at radius 1 is 1.30 bits per heavy atom. The number of methoxy groups -OCH3 is 1. The molecule has 2 rings (SSSR count). The van der Waals surface area contributed by atoms with Crippen LogP contribution in [0.5, 0.6) is 0 Å².